The molecule has 3 aromatic rings. The topological polar surface area (TPSA) is 24.9 Å². The van der Waals surface area contributed by atoms with Crippen molar-refractivity contribution in [3.63, 3.8) is 0 Å². The summed E-state index contributed by atoms with van der Waals surface area (Å²) < 4.78 is 1.17. The van der Waals surface area contributed by atoms with Crippen molar-refractivity contribution in [3.05, 3.63) is 57.5 Å². The molecule has 0 aliphatic carbocycles. The summed E-state index contributed by atoms with van der Waals surface area (Å²) in [5, 5.41) is 8.00. The van der Waals surface area contributed by atoms with Gasteiger partial charge < -0.3 is 5.32 Å². The van der Waals surface area contributed by atoms with Gasteiger partial charge in [-0.3, -0.25) is 4.98 Å². The highest BCUT2D eigenvalue weighted by Crippen LogP contribution is 2.24. The number of anilines is 1. The maximum Gasteiger partial charge on any atom is 0.0701 e. The number of nitrogens with zero attached hydrogens (tertiary/aromatic N) is 1. The van der Waals surface area contributed by atoms with Crippen molar-refractivity contribution < 1.29 is 0 Å². The van der Waals surface area contributed by atoms with Crippen LogP contribution in [0.15, 0.2) is 51.9 Å². The lowest BCUT2D eigenvalue weighted by molar-refractivity contribution is 1.17. The summed E-state index contributed by atoms with van der Waals surface area (Å²) in [6.07, 6.45) is 3.72. The van der Waals surface area contributed by atoms with Crippen LogP contribution in [0.1, 0.15) is 5.56 Å². The van der Waals surface area contributed by atoms with Crippen LogP contribution in [-0.2, 0) is 6.54 Å². The van der Waals surface area contributed by atoms with Gasteiger partial charge in [-0.05, 0) is 45.1 Å². The van der Waals surface area contributed by atoms with E-state index >= 15 is 0 Å². The molecule has 1 aromatic carbocycles. The van der Waals surface area contributed by atoms with E-state index in [2.05, 4.69) is 55.9 Å². The predicted molar refractivity (Wildman–Crippen MR) is 81.1 cm³/mol. The van der Waals surface area contributed by atoms with E-state index in [9.17, 15) is 0 Å². The highest BCUT2D eigenvalue weighted by Gasteiger charge is 2.01. The van der Waals surface area contributed by atoms with Crippen molar-refractivity contribution in [3.8, 4) is 0 Å². The van der Waals surface area contributed by atoms with Gasteiger partial charge in [-0.1, -0.05) is 12.1 Å². The number of halogens is 1. The van der Waals surface area contributed by atoms with Crippen LogP contribution in [0, 0.1) is 0 Å². The van der Waals surface area contributed by atoms with E-state index in [1.54, 1.807) is 11.3 Å². The minimum atomic E-state index is 0.837. The Morgan fingerprint density at radius 1 is 1.28 bits per heavy atom. The number of rotatable bonds is 3. The van der Waals surface area contributed by atoms with Crippen LogP contribution >= 0.6 is 27.3 Å². The van der Waals surface area contributed by atoms with Gasteiger partial charge in [-0.15, -0.1) is 11.3 Å². The van der Waals surface area contributed by atoms with Gasteiger partial charge in [0, 0.05) is 35.4 Å². The average Bonchev–Trinajstić information content (AvgIpc) is 2.82. The molecule has 0 spiro atoms. The molecule has 4 heteroatoms. The Morgan fingerprint density at radius 2 is 2.22 bits per heavy atom. The SMILES string of the molecule is Brc1cc(CNc2cccc3cnccc23)cs1. The fourth-order valence-corrected chi connectivity index (χ4v) is 3.12. The first-order valence-corrected chi connectivity index (χ1v) is 7.30. The molecule has 0 radical (unpaired) electrons. The molecular weight excluding hydrogens is 308 g/mol. The normalized spacial score (nSPS) is 10.7. The molecule has 18 heavy (non-hydrogen) atoms. The van der Waals surface area contributed by atoms with Crippen LogP contribution in [0.2, 0.25) is 0 Å². The Balaban J connectivity index is 1.86. The van der Waals surface area contributed by atoms with Gasteiger partial charge in [-0.2, -0.15) is 0 Å². The van der Waals surface area contributed by atoms with Crippen LogP contribution in [0.3, 0.4) is 0 Å². The zero-order valence-corrected chi connectivity index (χ0v) is 12.0. The van der Waals surface area contributed by atoms with E-state index in [1.165, 1.54) is 14.7 Å². The second kappa shape index (κ2) is 5.08. The smallest absolute Gasteiger partial charge is 0.0701 e. The number of hydrogen-bond acceptors (Lipinski definition) is 3. The van der Waals surface area contributed by atoms with Crippen molar-refractivity contribution in [2.45, 2.75) is 6.54 Å². The number of thiophene rings is 1. The molecule has 0 fully saturated rings. The minimum Gasteiger partial charge on any atom is -0.380 e. The van der Waals surface area contributed by atoms with E-state index in [4.69, 9.17) is 0 Å². The third kappa shape index (κ3) is 2.40. The molecular formula is C14H11BrN2S. The summed E-state index contributed by atoms with van der Waals surface area (Å²) in [7, 11) is 0. The summed E-state index contributed by atoms with van der Waals surface area (Å²) in [6.45, 7) is 0.837. The van der Waals surface area contributed by atoms with Crippen LogP contribution in [0.4, 0.5) is 5.69 Å². The van der Waals surface area contributed by atoms with E-state index in [1.807, 2.05) is 18.5 Å². The number of benzene rings is 1. The summed E-state index contributed by atoms with van der Waals surface area (Å²) in [5.74, 6) is 0. The molecule has 0 amide bonds. The molecule has 2 nitrogen and oxygen atoms in total. The van der Waals surface area contributed by atoms with E-state index in [0.29, 0.717) is 0 Å². The van der Waals surface area contributed by atoms with E-state index in [0.717, 1.165) is 17.6 Å². The highest BCUT2D eigenvalue weighted by atomic mass is 79.9. The molecule has 3 rings (SSSR count). The zero-order chi connectivity index (χ0) is 12.4. The standard InChI is InChI=1S/C14H11BrN2S/c15-14-6-10(9-18-14)7-17-13-3-1-2-11-8-16-5-4-12(11)13/h1-6,8-9,17H,7H2. The lowest BCUT2D eigenvalue weighted by Crippen LogP contribution is -1.98. The average molecular weight is 319 g/mol. The fraction of sp³-hybridized carbons (Fsp3) is 0.0714. The first-order chi connectivity index (χ1) is 8.83. The summed E-state index contributed by atoms with van der Waals surface area (Å²) >= 11 is 5.19. The molecule has 0 aliphatic heterocycles. The maximum atomic E-state index is 4.14. The maximum absolute atomic E-state index is 4.14. The third-order valence-corrected chi connectivity index (χ3v) is 4.34. The van der Waals surface area contributed by atoms with Gasteiger partial charge in [0.05, 0.1) is 3.79 Å². The van der Waals surface area contributed by atoms with Gasteiger partial charge >= 0.3 is 0 Å². The van der Waals surface area contributed by atoms with Crippen LogP contribution in [0.25, 0.3) is 10.8 Å². The number of aromatic nitrogens is 1. The molecule has 1 N–H and O–H groups in total. The second-order valence-corrected chi connectivity index (χ2v) is 6.31. The first-order valence-electron chi connectivity index (χ1n) is 5.62. The predicted octanol–water partition coefficient (Wildman–Crippen LogP) is 4.67. The monoisotopic (exact) mass is 318 g/mol. The summed E-state index contributed by atoms with van der Waals surface area (Å²) in [5.41, 5.74) is 2.44. The first kappa shape index (κ1) is 11.7. The van der Waals surface area contributed by atoms with Gasteiger partial charge in [0.25, 0.3) is 0 Å². The zero-order valence-electron chi connectivity index (χ0n) is 9.56. The molecule has 90 valence electrons. The quantitative estimate of drug-likeness (QED) is 0.759. The minimum absolute atomic E-state index is 0.837. The van der Waals surface area contributed by atoms with Gasteiger partial charge in [-0.25, -0.2) is 0 Å². The molecule has 0 saturated carbocycles. The van der Waals surface area contributed by atoms with Gasteiger partial charge in [0.1, 0.15) is 0 Å². The van der Waals surface area contributed by atoms with Crippen molar-refractivity contribution in [1.29, 1.82) is 0 Å². The molecule has 0 bridgehead atoms. The lowest BCUT2D eigenvalue weighted by atomic mass is 10.1. The second-order valence-electron chi connectivity index (χ2n) is 4.02. The Bertz CT molecular complexity index is 673. The molecule has 0 aliphatic rings. The molecule has 2 aromatic heterocycles. The number of hydrogen-bond donors (Lipinski definition) is 1. The number of nitrogens with one attached hydrogen (secondary N) is 1. The number of pyridine rings is 1. The van der Waals surface area contributed by atoms with E-state index < -0.39 is 0 Å². The Kier molecular flexibility index (Phi) is 3.30. The fourth-order valence-electron chi connectivity index (χ4n) is 1.91. The van der Waals surface area contributed by atoms with Gasteiger partial charge in [0.2, 0.25) is 0 Å². The molecule has 2 heterocycles. The molecule has 0 unspecified atom stereocenters. The lowest BCUT2D eigenvalue weighted by Gasteiger charge is -2.08. The Labute approximate surface area is 118 Å². The third-order valence-electron chi connectivity index (χ3n) is 2.79. The Hall–Kier alpha value is -1.39. The van der Waals surface area contributed by atoms with Crippen LogP contribution in [0.5, 0.6) is 0 Å². The van der Waals surface area contributed by atoms with Crippen molar-refractivity contribution in [2.24, 2.45) is 0 Å². The van der Waals surface area contributed by atoms with Crippen molar-refractivity contribution in [1.82, 2.24) is 4.98 Å². The van der Waals surface area contributed by atoms with Crippen molar-refractivity contribution >= 4 is 43.7 Å². The van der Waals surface area contributed by atoms with Crippen LogP contribution in [-0.4, -0.2) is 4.98 Å². The van der Waals surface area contributed by atoms with Crippen molar-refractivity contribution in [2.75, 3.05) is 5.32 Å². The largest absolute Gasteiger partial charge is 0.380 e. The molecule has 0 saturated heterocycles. The van der Waals surface area contributed by atoms with Crippen LogP contribution < -0.4 is 5.32 Å². The highest BCUT2D eigenvalue weighted by molar-refractivity contribution is 9.11. The van der Waals surface area contributed by atoms with Gasteiger partial charge in [0.15, 0.2) is 0 Å². The Morgan fingerprint density at radius 3 is 3.06 bits per heavy atom. The summed E-state index contributed by atoms with van der Waals surface area (Å²) in [4.78, 5) is 4.14. The molecule has 0 atom stereocenters. The number of fused-ring (bicyclic) bond motifs is 1. The van der Waals surface area contributed by atoms with E-state index in [-0.39, 0.29) is 0 Å². The summed E-state index contributed by atoms with van der Waals surface area (Å²) in [6, 6.07) is 10.4.